The topological polar surface area (TPSA) is 33.0 Å². The quantitative estimate of drug-likeness (QED) is 0.839. The molecule has 0 heterocycles. The molecule has 0 aliphatic heterocycles. The van der Waals surface area contributed by atoms with E-state index >= 15 is 0 Å². The van der Waals surface area contributed by atoms with Crippen molar-refractivity contribution in [2.24, 2.45) is 0 Å². The standard InChI is InChI=1S/C15H11ClFNO/c1-10-5-6-12(17)7-11(10)9-19-15-4-2-3-14(16)13(15)8-18/h2-7H,9H2,1H3. The van der Waals surface area contributed by atoms with E-state index in [4.69, 9.17) is 21.6 Å². The van der Waals surface area contributed by atoms with Crippen LogP contribution < -0.4 is 4.74 Å². The Bertz CT molecular complexity index is 649. The molecule has 0 amide bonds. The van der Waals surface area contributed by atoms with Gasteiger partial charge in [0.15, 0.2) is 0 Å². The molecule has 4 heteroatoms. The summed E-state index contributed by atoms with van der Waals surface area (Å²) in [6.45, 7) is 2.07. The second-order valence-corrected chi connectivity index (χ2v) is 4.49. The van der Waals surface area contributed by atoms with Gasteiger partial charge in [-0.3, -0.25) is 0 Å². The fraction of sp³-hybridized carbons (Fsp3) is 0.133. The van der Waals surface area contributed by atoms with Crippen LogP contribution in [0.2, 0.25) is 5.02 Å². The van der Waals surface area contributed by atoms with E-state index in [-0.39, 0.29) is 12.4 Å². The maximum atomic E-state index is 13.2. The zero-order valence-electron chi connectivity index (χ0n) is 10.3. The number of nitrogens with zero attached hydrogens (tertiary/aromatic N) is 1. The van der Waals surface area contributed by atoms with Gasteiger partial charge in [-0.05, 0) is 42.3 Å². The minimum absolute atomic E-state index is 0.193. The van der Waals surface area contributed by atoms with E-state index in [9.17, 15) is 4.39 Å². The van der Waals surface area contributed by atoms with Crippen LogP contribution in [0.1, 0.15) is 16.7 Å². The molecule has 96 valence electrons. The van der Waals surface area contributed by atoms with Gasteiger partial charge < -0.3 is 4.74 Å². The number of rotatable bonds is 3. The van der Waals surface area contributed by atoms with Crippen molar-refractivity contribution in [3.05, 3.63) is 63.9 Å². The molecule has 0 bridgehead atoms. The Morgan fingerprint density at radius 3 is 2.84 bits per heavy atom. The highest BCUT2D eigenvalue weighted by atomic mass is 35.5. The molecule has 0 spiro atoms. The van der Waals surface area contributed by atoms with Gasteiger partial charge in [-0.15, -0.1) is 0 Å². The van der Waals surface area contributed by atoms with Crippen LogP contribution in [-0.4, -0.2) is 0 Å². The summed E-state index contributed by atoms with van der Waals surface area (Å²) in [6.07, 6.45) is 0. The van der Waals surface area contributed by atoms with Crippen molar-refractivity contribution >= 4 is 11.6 Å². The molecule has 0 fully saturated rings. The van der Waals surface area contributed by atoms with E-state index in [0.29, 0.717) is 16.3 Å². The van der Waals surface area contributed by atoms with Crippen LogP contribution in [-0.2, 0) is 6.61 Å². The van der Waals surface area contributed by atoms with Gasteiger partial charge in [0.1, 0.15) is 29.8 Å². The molecule has 0 aliphatic carbocycles. The highest BCUT2D eigenvalue weighted by Gasteiger charge is 2.08. The van der Waals surface area contributed by atoms with Gasteiger partial charge in [0.05, 0.1) is 5.02 Å². The van der Waals surface area contributed by atoms with E-state index in [2.05, 4.69) is 0 Å². The molecular weight excluding hydrogens is 265 g/mol. The lowest BCUT2D eigenvalue weighted by Crippen LogP contribution is -2.00. The molecule has 2 rings (SSSR count). The summed E-state index contributed by atoms with van der Waals surface area (Å²) in [5, 5.41) is 9.36. The second-order valence-electron chi connectivity index (χ2n) is 4.08. The number of ether oxygens (including phenoxy) is 1. The zero-order chi connectivity index (χ0) is 13.8. The van der Waals surface area contributed by atoms with Crippen LogP contribution in [0.15, 0.2) is 36.4 Å². The number of hydrogen-bond acceptors (Lipinski definition) is 2. The molecule has 2 aromatic rings. The highest BCUT2D eigenvalue weighted by molar-refractivity contribution is 6.31. The van der Waals surface area contributed by atoms with E-state index in [0.717, 1.165) is 11.1 Å². The average molecular weight is 276 g/mol. The average Bonchev–Trinajstić information content (AvgIpc) is 2.40. The molecule has 2 nitrogen and oxygen atoms in total. The first-order valence-corrected chi connectivity index (χ1v) is 6.06. The molecule has 0 radical (unpaired) electrons. The van der Waals surface area contributed by atoms with Crippen molar-refractivity contribution in [3.8, 4) is 11.8 Å². The summed E-state index contributed by atoms with van der Waals surface area (Å²) in [5.74, 6) is 0.0921. The van der Waals surface area contributed by atoms with Crippen molar-refractivity contribution in [3.63, 3.8) is 0 Å². The fourth-order valence-corrected chi connectivity index (χ4v) is 1.89. The van der Waals surface area contributed by atoms with Gasteiger partial charge in [-0.2, -0.15) is 5.26 Å². The minimum atomic E-state index is -0.309. The second kappa shape index (κ2) is 5.73. The third-order valence-electron chi connectivity index (χ3n) is 2.78. The molecular formula is C15H11ClFNO. The molecule has 0 aromatic heterocycles. The van der Waals surface area contributed by atoms with E-state index in [1.54, 1.807) is 24.3 Å². The monoisotopic (exact) mass is 275 g/mol. The van der Waals surface area contributed by atoms with Crippen LogP contribution in [0.3, 0.4) is 0 Å². The third-order valence-corrected chi connectivity index (χ3v) is 3.10. The lowest BCUT2D eigenvalue weighted by Gasteiger charge is -2.10. The summed E-state index contributed by atoms with van der Waals surface area (Å²) in [6, 6.07) is 11.5. The molecule has 0 aliphatic rings. The van der Waals surface area contributed by atoms with Gasteiger partial charge in [0, 0.05) is 0 Å². The van der Waals surface area contributed by atoms with Gasteiger partial charge in [0.25, 0.3) is 0 Å². The molecule has 19 heavy (non-hydrogen) atoms. The number of halogens is 2. The Kier molecular flexibility index (Phi) is 4.03. The minimum Gasteiger partial charge on any atom is -0.487 e. The summed E-state index contributed by atoms with van der Waals surface area (Å²) in [5.41, 5.74) is 1.96. The number of benzene rings is 2. The third kappa shape index (κ3) is 3.04. The summed E-state index contributed by atoms with van der Waals surface area (Å²) in [4.78, 5) is 0. The molecule has 0 N–H and O–H groups in total. The SMILES string of the molecule is Cc1ccc(F)cc1COc1cccc(Cl)c1C#N. The molecule has 0 unspecified atom stereocenters. The van der Waals surface area contributed by atoms with Gasteiger partial charge in [0.2, 0.25) is 0 Å². The number of hydrogen-bond donors (Lipinski definition) is 0. The maximum absolute atomic E-state index is 13.2. The summed E-state index contributed by atoms with van der Waals surface area (Å²) < 4.78 is 18.7. The molecule has 0 saturated carbocycles. The van der Waals surface area contributed by atoms with Gasteiger partial charge in [-0.1, -0.05) is 23.7 Å². The van der Waals surface area contributed by atoms with Gasteiger partial charge in [-0.25, -0.2) is 4.39 Å². The maximum Gasteiger partial charge on any atom is 0.139 e. The lowest BCUT2D eigenvalue weighted by molar-refractivity contribution is 0.304. The lowest BCUT2D eigenvalue weighted by atomic mass is 10.1. The Labute approximate surface area is 116 Å². The summed E-state index contributed by atoms with van der Waals surface area (Å²) in [7, 11) is 0. The molecule has 0 atom stereocenters. The van der Waals surface area contributed by atoms with Crippen molar-refractivity contribution in [2.75, 3.05) is 0 Å². The van der Waals surface area contributed by atoms with Gasteiger partial charge >= 0.3 is 0 Å². The van der Waals surface area contributed by atoms with E-state index in [1.165, 1.54) is 12.1 Å². The normalized spacial score (nSPS) is 10.0. The van der Waals surface area contributed by atoms with Crippen LogP contribution in [0.4, 0.5) is 4.39 Å². The number of aryl methyl sites for hydroxylation is 1. The van der Waals surface area contributed by atoms with Crippen molar-refractivity contribution in [1.82, 2.24) is 0 Å². The molecule has 2 aromatic carbocycles. The predicted octanol–water partition coefficient (Wildman–Crippen LogP) is 4.24. The first kappa shape index (κ1) is 13.4. The Morgan fingerprint density at radius 1 is 1.32 bits per heavy atom. The van der Waals surface area contributed by atoms with E-state index in [1.807, 2.05) is 13.0 Å². The van der Waals surface area contributed by atoms with Crippen LogP contribution in [0.25, 0.3) is 0 Å². The molecule has 0 saturated heterocycles. The predicted molar refractivity (Wildman–Crippen MR) is 71.6 cm³/mol. The first-order valence-electron chi connectivity index (χ1n) is 5.68. The van der Waals surface area contributed by atoms with Crippen molar-refractivity contribution in [2.45, 2.75) is 13.5 Å². The number of nitriles is 1. The summed E-state index contributed by atoms with van der Waals surface area (Å²) >= 11 is 5.91. The van der Waals surface area contributed by atoms with Crippen LogP contribution in [0.5, 0.6) is 5.75 Å². The highest BCUT2D eigenvalue weighted by Crippen LogP contribution is 2.26. The van der Waals surface area contributed by atoms with E-state index < -0.39 is 0 Å². The first-order chi connectivity index (χ1) is 9.11. The Hall–Kier alpha value is -2.05. The van der Waals surface area contributed by atoms with Crippen molar-refractivity contribution in [1.29, 1.82) is 5.26 Å². The fourth-order valence-electron chi connectivity index (χ4n) is 1.68. The Balaban J connectivity index is 2.22. The smallest absolute Gasteiger partial charge is 0.139 e. The zero-order valence-corrected chi connectivity index (χ0v) is 11.0. The Morgan fingerprint density at radius 2 is 2.11 bits per heavy atom. The van der Waals surface area contributed by atoms with Crippen LogP contribution >= 0.6 is 11.6 Å². The van der Waals surface area contributed by atoms with Crippen molar-refractivity contribution < 1.29 is 9.13 Å². The largest absolute Gasteiger partial charge is 0.487 e. The van der Waals surface area contributed by atoms with Crippen LogP contribution in [0, 0.1) is 24.1 Å².